The number of cyclic esters (lactones) is 2. The molecule has 0 aromatic heterocycles. The fourth-order valence-electron chi connectivity index (χ4n) is 0.882. The first-order chi connectivity index (χ1) is 5.18. The molecule has 11 heavy (non-hydrogen) atoms. The van der Waals surface area contributed by atoms with E-state index in [1.54, 1.807) is 6.08 Å². The van der Waals surface area contributed by atoms with Crippen molar-refractivity contribution in [2.45, 2.75) is 19.8 Å². The van der Waals surface area contributed by atoms with Crippen molar-refractivity contribution in [1.82, 2.24) is 0 Å². The fourth-order valence-corrected chi connectivity index (χ4v) is 0.882. The van der Waals surface area contributed by atoms with E-state index < -0.39 is 11.9 Å². The molecule has 1 heterocycles. The lowest BCUT2D eigenvalue weighted by molar-refractivity contribution is -0.156. The Morgan fingerprint density at radius 2 is 2.27 bits per heavy atom. The first-order valence-electron chi connectivity index (χ1n) is 3.61. The molecule has 1 unspecified atom stereocenters. The van der Waals surface area contributed by atoms with Crippen LogP contribution < -0.4 is 0 Å². The first-order valence-corrected chi connectivity index (χ1v) is 3.61. The SMILES string of the molecule is CC1C=CC(=O)OC(=O)CC1. The molecule has 0 aromatic carbocycles. The van der Waals surface area contributed by atoms with Crippen molar-refractivity contribution in [3.05, 3.63) is 12.2 Å². The molecule has 1 rings (SSSR count). The maximum atomic E-state index is 10.7. The van der Waals surface area contributed by atoms with Crippen LogP contribution in [0.5, 0.6) is 0 Å². The minimum Gasteiger partial charge on any atom is -0.390 e. The first kappa shape index (κ1) is 7.98. The number of rotatable bonds is 0. The van der Waals surface area contributed by atoms with Gasteiger partial charge < -0.3 is 4.74 Å². The molecular weight excluding hydrogens is 144 g/mol. The third-order valence-electron chi connectivity index (χ3n) is 1.58. The van der Waals surface area contributed by atoms with Crippen molar-refractivity contribution >= 4 is 11.9 Å². The summed E-state index contributed by atoms with van der Waals surface area (Å²) >= 11 is 0. The van der Waals surface area contributed by atoms with Crippen LogP contribution in [0.15, 0.2) is 12.2 Å². The van der Waals surface area contributed by atoms with Gasteiger partial charge in [-0.05, 0) is 12.3 Å². The van der Waals surface area contributed by atoms with E-state index in [1.807, 2.05) is 6.92 Å². The van der Waals surface area contributed by atoms with Gasteiger partial charge in [0.2, 0.25) is 0 Å². The van der Waals surface area contributed by atoms with Crippen molar-refractivity contribution in [2.75, 3.05) is 0 Å². The van der Waals surface area contributed by atoms with Crippen LogP contribution in [-0.4, -0.2) is 11.9 Å². The second-order valence-corrected chi connectivity index (χ2v) is 2.67. The molecule has 0 amide bonds. The van der Waals surface area contributed by atoms with Gasteiger partial charge in [-0.1, -0.05) is 13.0 Å². The summed E-state index contributed by atoms with van der Waals surface area (Å²) in [4.78, 5) is 21.4. The Bertz CT molecular complexity index is 205. The molecule has 0 spiro atoms. The molecule has 0 N–H and O–H groups in total. The number of hydrogen-bond donors (Lipinski definition) is 0. The number of ether oxygens (including phenoxy) is 1. The van der Waals surface area contributed by atoms with Crippen molar-refractivity contribution in [2.24, 2.45) is 5.92 Å². The molecule has 3 nitrogen and oxygen atoms in total. The normalized spacial score (nSPS) is 25.7. The molecular formula is C8H10O3. The zero-order valence-electron chi connectivity index (χ0n) is 6.37. The fraction of sp³-hybridized carbons (Fsp3) is 0.500. The highest BCUT2D eigenvalue weighted by atomic mass is 16.6. The summed E-state index contributed by atoms with van der Waals surface area (Å²) in [5.74, 6) is -0.695. The van der Waals surface area contributed by atoms with E-state index in [1.165, 1.54) is 6.08 Å². The van der Waals surface area contributed by atoms with Gasteiger partial charge in [0.15, 0.2) is 0 Å². The van der Waals surface area contributed by atoms with Gasteiger partial charge in [0.05, 0.1) is 0 Å². The van der Waals surface area contributed by atoms with Crippen LogP contribution in [0.4, 0.5) is 0 Å². The van der Waals surface area contributed by atoms with Crippen LogP contribution in [0, 0.1) is 5.92 Å². The molecule has 0 bridgehead atoms. The molecule has 0 saturated heterocycles. The second kappa shape index (κ2) is 3.32. The van der Waals surface area contributed by atoms with E-state index in [9.17, 15) is 9.59 Å². The summed E-state index contributed by atoms with van der Waals surface area (Å²) in [5, 5.41) is 0. The molecule has 0 radical (unpaired) electrons. The molecule has 1 aliphatic rings. The van der Waals surface area contributed by atoms with E-state index in [4.69, 9.17) is 0 Å². The van der Waals surface area contributed by atoms with Crippen LogP contribution in [-0.2, 0) is 14.3 Å². The average Bonchev–Trinajstić information content (AvgIpc) is 1.95. The lowest BCUT2D eigenvalue weighted by Gasteiger charge is -2.07. The van der Waals surface area contributed by atoms with Crippen LogP contribution in [0.25, 0.3) is 0 Å². The molecule has 0 fully saturated rings. The zero-order chi connectivity index (χ0) is 8.27. The summed E-state index contributed by atoms with van der Waals surface area (Å²) in [7, 11) is 0. The maximum Gasteiger partial charge on any atom is 0.338 e. The van der Waals surface area contributed by atoms with Crippen LogP contribution in [0.2, 0.25) is 0 Å². The van der Waals surface area contributed by atoms with Crippen molar-refractivity contribution < 1.29 is 14.3 Å². The zero-order valence-corrected chi connectivity index (χ0v) is 6.37. The molecule has 60 valence electrons. The van der Waals surface area contributed by atoms with Crippen molar-refractivity contribution in [1.29, 1.82) is 0 Å². The van der Waals surface area contributed by atoms with Gasteiger partial charge in [-0.25, -0.2) is 4.79 Å². The average molecular weight is 154 g/mol. The topological polar surface area (TPSA) is 43.4 Å². The van der Waals surface area contributed by atoms with Gasteiger partial charge >= 0.3 is 11.9 Å². The summed E-state index contributed by atoms with van der Waals surface area (Å²) in [5.41, 5.74) is 0. The van der Waals surface area contributed by atoms with Crippen molar-refractivity contribution in [3.8, 4) is 0 Å². The Balaban J connectivity index is 2.65. The standard InChI is InChI=1S/C8H10O3/c1-6-2-4-7(9)11-8(10)5-3-6/h2,4,6H,3,5H2,1H3. The van der Waals surface area contributed by atoms with Crippen LogP contribution in [0.1, 0.15) is 19.8 Å². The molecule has 0 aliphatic carbocycles. The Kier molecular flexibility index (Phi) is 2.41. The summed E-state index contributed by atoms with van der Waals surface area (Å²) in [6.45, 7) is 1.96. The number of carbonyl (C=O) groups is 2. The molecule has 1 aliphatic heterocycles. The minimum absolute atomic E-state index is 0.284. The Hall–Kier alpha value is -1.12. The number of allylic oxidation sites excluding steroid dienone is 1. The van der Waals surface area contributed by atoms with E-state index >= 15 is 0 Å². The van der Waals surface area contributed by atoms with E-state index in [2.05, 4.69) is 4.74 Å². The monoisotopic (exact) mass is 154 g/mol. The number of carbonyl (C=O) groups excluding carboxylic acids is 2. The smallest absolute Gasteiger partial charge is 0.338 e. The van der Waals surface area contributed by atoms with Gasteiger partial charge in [-0.15, -0.1) is 0 Å². The van der Waals surface area contributed by atoms with Gasteiger partial charge in [0, 0.05) is 12.5 Å². The predicted molar refractivity (Wildman–Crippen MR) is 38.6 cm³/mol. The van der Waals surface area contributed by atoms with Crippen LogP contribution in [0.3, 0.4) is 0 Å². The van der Waals surface area contributed by atoms with Crippen molar-refractivity contribution in [3.63, 3.8) is 0 Å². The van der Waals surface area contributed by atoms with Gasteiger partial charge in [0.1, 0.15) is 0 Å². The lowest BCUT2D eigenvalue weighted by atomic mass is 10.0. The Morgan fingerprint density at radius 1 is 1.55 bits per heavy atom. The quantitative estimate of drug-likeness (QED) is 0.387. The number of esters is 2. The second-order valence-electron chi connectivity index (χ2n) is 2.67. The van der Waals surface area contributed by atoms with E-state index in [0.29, 0.717) is 6.42 Å². The van der Waals surface area contributed by atoms with Crippen LogP contribution >= 0.6 is 0 Å². The predicted octanol–water partition coefficient (Wildman–Crippen LogP) is 1.04. The third-order valence-corrected chi connectivity index (χ3v) is 1.58. The summed E-state index contributed by atoms with van der Waals surface area (Å²) in [6.07, 6.45) is 4.15. The Labute approximate surface area is 65.0 Å². The Morgan fingerprint density at radius 3 is 3.00 bits per heavy atom. The van der Waals surface area contributed by atoms with Gasteiger partial charge in [0.25, 0.3) is 0 Å². The minimum atomic E-state index is -0.554. The molecule has 1 atom stereocenters. The highest BCUT2D eigenvalue weighted by molar-refractivity contribution is 5.92. The molecule has 0 saturated carbocycles. The highest BCUT2D eigenvalue weighted by Gasteiger charge is 2.12. The summed E-state index contributed by atoms with van der Waals surface area (Å²) < 4.78 is 4.37. The lowest BCUT2D eigenvalue weighted by Crippen LogP contribution is -2.13. The van der Waals surface area contributed by atoms with E-state index in [0.717, 1.165) is 6.42 Å². The third kappa shape index (κ3) is 2.53. The number of hydrogen-bond acceptors (Lipinski definition) is 3. The van der Waals surface area contributed by atoms with Gasteiger partial charge in [-0.3, -0.25) is 4.79 Å². The van der Waals surface area contributed by atoms with Gasteiger partial charge in [-0.2, -0.15) is 0 Å². The van der Waals surface area contributed by atoms with E-state index in [-0.39, 0.29) is 5.92 Å². The summed E-state index contributed by atoms with van der Waals surface area (Å²) in [6, 6.07) is 0. The molecule has 3 heteroatoms. The molecule has 0 aromatic rings. The highest BCUT2D eigenvalue weighted by Crippen LogP contribution is 2.10. The maximum absolute atomic E-state index is 10.7. The largest absolute Gasteiger partial charge is 0.390 e.